The second-order valence-electron chi connectivity index (χ2n) is 8.91. The minimum Gasteiger partial charge on any atom is -0.457 e. The monoisotopic (exact) mass is 535 g/mol. The first-order valence-corrected chi connectivity index (χ1v) is 12.7. The van der Waals surface area contributed by atoms with Crippen LogP contribution in [0.3, 0.4) is 0 Å². The Morgan fingerprint density at radius 3 is 2.00 bits per heavy atom. The van der Waals surface area contributed by atoms with Crippen molar-refractivity contribution in [1.29, 1.82) is 0 Å². The number of imide groups is 1. The number of benzene rings is 4. The van der Waals surface area contributed by atoms with Gasteiger partial charge in [0.25, 0.3) is 11.8 Å². The molecule has 8 heteroatoms. The van der Waals surface area contributed by atoms with E-state index < -0.39 is 17.8 Å². The molecule has 0 aliphatic rings. The zero-order valence-electron chi connectivity index (χ0n) is 21.7. The van der Waals surface area contributed by atoms with Crippen molar-refractivity contribution in [3.63, 3.8) is 0 Å². The first-order valence-electron chi connectivity index (χ1n) is 12.7. The molecule has 8 nitrogen and oxygen atoms in total. The van der Waals surface area contributed by atoms with Gasteiger partial charge in [-0.2, -0.15) is 0 Å². The Morgan fingerprint density at radius 2 is 1.35 bits per heavy atom. The summed E-state index contributed by atoms with van der Waals surface area (Å²) in [5.41, 5.74) is 4.54. The summed E-state index contributed by atoms with van der Waals surface area (Å²) in [7, 11) is 0. The van der Waals surface area contributed by atoms with E-state index in [4.69, 9.17) is 9.94 Å². The zero-order valence-corrected chi connectivity index (χ0v) is 21.7. The number of ether oxygens (including phenoxy) is 1. The number of carbonyl (C=O) groups is 3. The summed E-state index contributed by atoms with van der Waals surface area (Å²) in [5, 5.41) is 11.1. The zero-order chi connectivity index (χ0) is 28.2. The highest BCUT2D eigenvalue weighted by molar-refractivity contribution is 6.04. The fourth-order valence-corrected chi connectivity index (χ4v) is 3.87. The molecule has 4 amide bonds. The average Bonchev–Trinajstić information content (AvgIpc) is 3.00. The molecule has 0 spiro atoms. The summed E-state index contributed by atoms with van der Waals surface area (Å²) in [4.78, 5) is 38.6. The van der Waals surface area contributed by atoms with E-state index in [1.165, 1.54) is 6.08 Å². The fraction of sp³-hybridized carbons (Fsp3) is 0.0938. The minimum absolute atomic E-state index is 0.268. The van der Waals surface area contributed by atoms with Gasteiger partial charge >= 0.3 is 6.03 Å². The SMILES string of the molecule is O=C(/C=C/c1ccc(CN(CCc2ccc(Oc3ccccc3)cc2)C(=O)NC(=O)c2ccccc2)cc1)NO. The Morgan fingerprint density at radius 1 is 0.750 bits per heavy atom. The van der Waals surface area contributed by atoms with E-state index in [0.29, 0.717) is 24.3 Å². The van der Waals surface area contributed by atoms with Crippen molar-refractivity contribution in [2.24, 2.45) is 0 Å². The fourth-order valence-electron chi connectivity index (χ4n) is 3.87. The Kier molecular flexibility index (Phi) is 9.79. The number of urea groups is 1. The van der Waals surface area contributed by atoms with Crippen LogP contribution in [0.1, 0.15) is 27.0 Å². The lowest BCUT2D eigenvalue weighted by Gasteiger charge is -2.23. The van der Waals surface area contributed by atoms with E-state index in [2.05, 4.69) is 5.32 Å². The maximum atomic E-state index is 13.2. The molecule has 0 aliphatic carbocycles. The van der Waals surface area contributed by atoms with E-state index in [-0.39, 0.29) is 6.54 Å². The smallest absolute Gasteiger partial charge is 0.324 e. The lowest BCUT2D eigenvalue weighted by molar-refractivity contribution is -0.124. The lowest BCUT2D eigenvalue weighted by atomic mass is 10.1. The largest absolute Gasteiger partial charge is 0.457 e. The molecule has 0 aliphatic heterocycles. The molecule has 202 valence electrons. The molecule has 4 aromatic rings. The van der Waals surface area contributed by atoms with Gasteiger partial charge < -0.3 is 9.64 Å². The molecule has 0 saturated carbocycles. The van der Waals surface area contributed by atoms with Crippen molar-refractivity contribution in [2.45, 2.75) is 13.0 Å². The second-order valence-corrected chi connectivity index (χ2v) is 8.91. The molecule has 3 N–H and O–H groups in total. The Hall–Kier alpha value is -5.21. The number of hydrogen-bond acceptors (Lipinski definition) is 5. The van der Waals surface area contributed by atoms with Crippen molar-refractivity contribution >= 4 is 23.9 Å². The number of nitrogens with zero attached hydrogens (tertiary/aromatic N) is 1. The molecule has 0 bridgehead atoms. The molecular weight excluding hydrogens is 506 g/mol. The van der Waals surface area contributed by atoms with E-state index in [1.54, 1.807) is 58.9 Å². The summed E-state index contributed by atoms with van der Waals surface area (Å²) < 4.78 is 5.86. The third kappa shape index (κ3) is 8.41. The van der Waals surface area contributed by atoms with Crippen molar-refractivity contribution < 1.29 is 24.3 Å². The van der Waals surface area contributed by atoms with Gasteiger partial charge in [-0.15, -0.1) is 0 Å². The van der Waals surface area contributed by atoms with Gasteiger partial charge in [-0.25, -0.2) is 10.3 Å². The van der Waals surface area contributed by atoms with Gasteiger partial charge in [0.15, 0.2) is 0 Å². The van der Waals surface area contributed by atoms with Gasteiger partial charge in [0.2, 0.25) is 0 Å². The molecule has 4 rings (SSSR count). The van der Waals surface area contributed by atoms with Gasteiger partial charge in [0.05, 0.1) is 0 Å². The molecule has 0 unspecified atom stereocenters. The molecule has 0 atom stereocenters. The topological polar surface area (TPSA) is 108 Å². The number of nitrogens with one attached hydrogen (secondary N) is 2. The van der Waals surface area contributed by atoms with Gasteiger partial charge in [-0.1, -0.05) is 72.8 Å². The molecule has 0 heterocycles. The van der Waals surface area contributed by atoms with Crippen LogP contribution in [0.4, 0.5) is 4.79 Å². The lowest BCUT2D eigenvalue weighted by Crippen LogP contribution is -2.43. The van der Waals surface area contributed by atoms with Crippen LogP contribution < -0.4 is 15.5 Å². The molecule has 0 aromatic heterocycles. The van der Waals surface area contributed by atoms with Gasteiger partial charge in [-0.3, -0.25) is 20.1 Å². The van der Waals surface area contributed by atoms with Crippen LogP contribution in [0.5, 0.6) is 11.5 Å². The van der Waals surface area contributed by atoms with Crippen LogP contribution in [0.25, 0.3) is 6.08 Å². The first kappa shape index (κ1) is 27.8. The Labute approximate surface area is 232 Å². The summed E-state index contributed by atoms with van der Waals surface area (Å²) >= 11 is 0. The number of rotatable bonds is 10. The quantitative estimate of drug-likeness (QED) is 0.139. The molecule has 0 fully saturated rings. The molecule has 4 aromatic carbocycles. The summed E-state index contributed by atoms with van der Waals surface area (Å²) in [6.45, 7) is 0.634. The van der Waals surface area contributed by atoms with Crippen LogP contribution in [0.2, 0.25) is 0 Å². The Balaban J connectivity index is 1.43. The molecule has 0 saturated heterocycles. The van der Waals surface area contributed by atoms with E-state index in [9.17, 15) is 14.4 Å². The second kappa shape index (κ2) is 14.1. The van der Waals surface area contributed by atoms with Crippen LogP contribution in [0.15, 0.2) is 115 Å². The number of hydroxylamine groups is 1. The van der Waals surface area contributed by atoms with E-state index >= 15 is 0 Å². The third-order valence-corrected chi connectivity index (χ3v) is 6.01. The molecule has 40 heavy (non-hydrogen) atoms. The number of amides is 4. The maximum absolute atomic E-state index is 13.2. The van der Waals surface area contributed by atoms with Crippen molar-refractivity contribution in [3.8, 4) is 11.5 Å². The average molecular weight is 536 g/mol. The number of para-hydroxylation sites is 1. The summed E-state index contributed by atoms with van der Waals surface area (Å²) in [6.07, 6.45) is 3.33. The van der Waals surface area contributed by atoms with Crippen molar-refractivity contribution in [2.75, 3.05) is 6.54 Å². The van der Waals surface area contributed by atoms with Crippen LogP contribution in [-0.2, 0) is 17.8 Å². The van der Waals surface area contributed by atoms with Gasteiger partial charge in [0.1, 0.15) is 11.5 Å². The number of carbonyl (C=O) groups excluding carboxylic acids is 3. The summed E-state index contributed by atoms with van der Waals surface area (Å²) in [5.74, 6) is 0.360. The summed E-state index contributed by atoms with van der Waals surface area (Å²) in [6, 6.07) is 32.5. The third-order valence-electron chi connectivity index (χ3n) is 6.01. The standard InChI is InChI=1S/C32H29N3O5/c36-30(34-39)20-17-24-11-13-26(14-12-24)23-35(32(38)33-31(37)27-7-3-1-4-8-27)22-21-25-15-18-29(19-16-25)40-28-9-5-2-6-10-28/h1-20,39H,21-23H2,(H,34,36)(H,33,37,38)/b20-17+. The van der Waals surface area contributed by atoms with Crippen molar-refractivity contribution in [1.82, 2.24) is 15.7 Å². The van der Waals surface area contributed by atoms with Crippen LogP contribution in [-0.4, -0.2) is 34.5 Å². The van der Waals surface area contributed by atoms with Gasteiger partial charge in [-0.05, 0) is 65.6 Å². The molecule has 0 radical (unpaired) electrons. The van der Waals surface area contributed by atoms with Crippen molar-refractivity contribution in [3.05, 3.63) is 138 Å². The predicted octanol–water partition coefficient (Wildman–Crippen LogP) is 5.59. The first-order chi connectivity index (χ1) is 19.5. The predicted molar refractivity (Wildman–Crippen MR) is 152 cm³/mol. The maximum Gasteiger partial charge on any atom is 0.324 e. The molecular formula is C32H29N3O5. The van der Waals surface area contributed by atoms with Gasteiger partial charge in [0, 0.05) is 24.7 Å². The number of hydrogen-bond donors (Lipinski definition) is 3. The minimum atomic E-state index is -0.630. The highest BCUT2D eigenvalue weighted by Gasteiger charge is 2.18. The Bertz CT molecular complexity index is 1440. The van der Waals surface area contributed by atoms with Crippen LogP contribution >= 0.6 is 0 Å². The van der Waals surface area contributed by atoms with E-state index in [0.717, 1.165) is 22.4 Å². The highest BCUT2D eigenvalue weighted by atomic mass is 16.5. The van der Waals surface area contributed by atoms with E-state index in [1.807, 2.05) is 66.7 Å². The normalized spacial score (nSPS) is 10.6. The highest BCUT2D eigenvalue weighted by Crippen LogP contribution is 2.21. The van der Waals surface area contributed by atoms with Crippen LogP contribution in [0, 0.1) is 0 Å².